The van der Waals surface area contributed by atoms with Crippen LogP contribution in [0.1, 0.15) is 25.7 Å². The van der Waals surface area contributed by atoms with Crippen LogP contribution >= 0.6 is 23.1 Å². The van der Waals surface area contributed by atoms with Crippen LogP contribution < -0.4 is 0 Å². The van der Waals surface area contributed by atoms with Gasteiger partial charge in [-0.25, -0.2) is 0 Å². The van der Waals surface area contributed by atoms with Gasteiger partial charge in [-0.15, -0.1) is 10.2 Å². The van der Waals surface area contributed by atoms with Gasteiger partial charge in [-0.3, -0.25) is 0 Å². The summed E-state index contributed by atoms with van der Waals surface area (Å²) in [7, 11) is 0. The molecule has 1 aromatic heterocycles. The molecule has 2 bridgehead atoms. The number of nitrogens with zero attached hydrogens (tertiary/aromatic N) is 2. The first-order chi connectivity index (χ1) is 6.42. The Morgan fingerprint density at radius 2 is 2.38 bits per heavy atom. The Hall–Kier alpha value is -0.0900. The van der Waals surface area contributed by atoms with E-state index < -0.39 is 0 Å². The zero-order chi connectivity index (χ0) is 8.67. The van der Waals surface area contributed by atoms with E-state index in [2.05, 4.69) is 10.2 Å². The van der Waals surface area contributed by atoms with Gasteiger partial charge in [0.2, 0.25) is 0 Å². The summed E-state index contributed by atoms with van der Waals surface area (Å²) in [6.45, 7) is 0. The van der Waals surface area contributed by atoms with Gasteiger partial charge in [0.1, 0.15) is 5.51 Å². The SMILES string of the molecule is c1nnc(SC2CC3CCC2C3)s1. The molecule has 0 N–H and O–H groups in total. The van der Waals surface area contributed by atoms with Crippen molar-refractivity contribution in [3.63, 3.8) is 0 Å². The minimum atomic E-state index is 0.853. The number of aromatic nitrogens is 2. The van der Waals surface area contributed by atoms with Crippen LogP contribution in [0.5, 0.6) is 0 Å². The van der Waals surface area contributed by atoms with Crippen LogP contribution in [0, 0.1) is 11.8 Å². The van der Waals surface area contributed by atoms with Crippen molar-refractivity contribution in [1.29, 1.82) is 0 Å². The van der Waals surface area contributed by atoms with Gasteiger partial charge in [-0.2, -0.15) is 0 Å². The second-order valence-electron chi connectivity index (χ2n) is 4.04. The molecule has 1 aromatic rings. The molecule has 1 heterocycles. The lowest BCUT2D eigenvalue weighted by molar-refractivity contribution is 0.492. The Labute approximate surface area is 86.1 Å². The van der Waals surface area contributed by atoms with E-state index in [9.17, 15) is 0 Å². The third-order valence-corrected chi connectivity index (χ3v) is 5.49. The molecule has 0 amide bonds. The molecular formula is C9H12N2S2. The highest BCUT2D eigenvalue weighted by Gasteiger charge is 2.40. The van der Waals surface area contributed by atoms with Crippen LogP contribution in [0.4, 0.5) is 0 Å². The average Bonchev–Trinajstić information content (AvgIpc) is 2.77. The summed E-state index contributed by atoms with van der Waals surface area (Å²) in [5.41, 5.74) is 1.83. The monoisotopic (exact) mass is 212 g/mol. The third-order valence-electron chi connectivity index (χ3n) is 3.27. The van der Waals surface area contributed by atoms with Crippen molar-refractivity contribution in [3.05, 3.63) is 5.51 Å². The highest BCUT2D eigenvalue weighted by molar-refractivity contribution is 8.01. The van der Waals surface area contributed by atoms with Crippen molar-refractivity contribution in [2.45, 2.75) is 35.3 Å². The molecule has 2 nitrogen and oxygen atoms in total. The molecule has 2 aliphatic rings. The molecule has 0 radical (unpaired) electrons. The van der Waals surface area contributed by atoms with Crippen molar-refractivity contribution in [2.24, 2.45) is 11.8 Å². The molecule has 3 atom stereocenters. The molecular weight excluding hydrogens is 200 g/mol. The zero-order valence-corrected chi connectivity index (χ0v) is 8.98. The van der Waals surface area contributed by atoms with Crippen molar-refractivity contribution >= 4 is 23.1 Å². The first-order valence-electron chi connectivity index (χ1n) is 4.84. The summed E-state index contributed by atoms with van der Waals surface area (Å²) >= 11 is 3.64. The Balaban J connectivity index is 1.68. The van der Waals surface area contributed by atoms with Gasteiger partial charge in [0.05, 0.1) is 0 Å². The molecule has 0 spiro atoms. The van der Waals surface area contributed by atoms with Gasteiger partial charge in [-0.1, -0.05) is 29.5 Å². The minimum Gasteiger partial charge on any atom is -0.146 e. The van der Waals surface area contributed by atoms with Crippen molar-refractivity contribution in [3.8, 4) is 0 Å². The van der Waals surface area contributed by atoms with Crippen LogP contribution in [0.25, 0.3) is 0 Å². The quantitative estimate of drug-likeness (QED) is 0.754. The maximum Gasteiger partial charge on any atom is 0.174 e. The first-order valence-corrected chi connectivity index (χ1v) is 6.60. The van der Waals surface area contributed by atoms with Gasteiger partial charge in [0.15, 0.2) is 4.34 Å². The van der Waals surface area contributed by atoms with Gasteiger partial charge in [0, 0.05) is 5.25 Å². The summed E-state index contributed by atoms with van der Waals surface area (Å²) in [5, 5.41) is 8.82. The lowest BCUT2D eigenvalue weighted by Crippen LogP contribution is -2.11. The highest BCUT2D eigenvalue weighted by atomic mass is 32.2. The molecule has 70 valence electrons. The van der Waals surface area contributed by atoms with Crippen molar-refractivity contribution in [1.82, 2.24) is 10.2 Å². The van der Waals surface area contributed by atoms with Gasteiger partial charge >= 0.3 is 0 Å². The molecule has 0 aliphatic heterocycles. The smallest absolute Gasteiger partial charge is 0.146 e. The summed E-state index contributed by atoms with van der Waals surface area (Å²) < 4.78 is 1.16. The molecule has 13 heavy (non-hydrogen) atoms. The van der Waals surface area contributed by atoms with Crippen LogP contribution in [0.15, 0.2) is 9.85 Å². The van der Waals surface area contributed by atoms with Crippen LogP contribution in [0.2, 0.25) is 0 Å². The zero-order valence-electron chi connectivity index (χ0n) is 7.35. The lowest BCUT2D eigenvalue weighted by Gasteiger charge is -2.19. The van der Waals surface area contributed by atoms with E-state index in [0.717, 1.165) is 21.4 Å². The fraction of sp³-hybridized carbons (Fsp3) is 0.778. The van der Waals surface area contributed by atoms with E-state index >= 15 is 0 Å². The predicted octanol–water partition coefficient (Wildman–Crippen LogP) is 2.82. The van der Waals surface area contributed by atoms with E-state index in [1.165, 1.54) is 25.7 Å². The summed E-state index contributed by atoms with van der Waals surface area (Å²) in [4.78, 5) is 0. The minimum absolute atomic E-state index is 0.853. The maximum absolute atomic E-state index is 4.09. The van der Waals surface area contributed by atoms with Crippen LogP contribution in [0.3, 0.4) is 0 Å². The molecule has 0 saturated heterocycles. The second-order valence-corrected chi connectivity index (χ2v) is 6.36. The Bertz CT molecular complexity index is 286. The average molecular weight is 212 g/mol. The van der Waals surface area contributed by atoms with E-state index in [1.54, 1.807) is 11.3 Å². The number of rotatable bonds is 2. The van der Waals surface area contributed by atoms with Gasteiger partial charge in [0.25, 0.3) is 0 Å². The van der Waals surface area contributed by atoms with Gasteiger partial charge < -0.3 is 0 Å². The maximum atomic E-state index is 4.09. The fourth-order valence-electron chi connectivity index (χ4n) is 2.67. The van der Waals surface area contributed by atoms with Gasteiger partial charge in [-0.05, 0) is 31.1 Å². The predicted molar refractivity (Wildman–Crippen MR) is 55.0 cm³/mol. The number of hydrogen-bond donors (Lipinski definition) is 0. The fourth-order valence-corrected chi connectivity index (χ4v) is 4.84. The number of hydrogen-bond acceptors (Lipinski definition) is 4. The molecule has 3 unspecified atom stereocenters. The third kappa shape index (κ3) is 1.50. The topological polar surface area (TPSA) is 25.8 Å². The van der Waals surface area contributed by atoms with E-state index in [1.807, 2.05) is 17.3 Å². The Morgan fingerprint density at radius 3 is 3.00 bits per heavy atom. The highest BCUT2D eigenvalue weighted by Crippen LogP contribution is 2.51. The van der Waals surface area contributed by atoms with E-state index in [-0.39, 0.29) is 0 Å². The molecule has 2 saturated carbocycles. The molecule has 2 aliphatic carbocycles. The van der Waals surface area contributed by atoms with Crippen LogP contribution in [-0.2, 0) is 0 Å². The lowest BCUT2D eigenvalue weighted by atomic mass is 10.0. The van der Waals surface area contributed by atoms with E-state index in [4.69, 9.17) is 0 Å². The summed E-state index contributed by atoms with van der Waals surface area (Å²) in [6.07, 6.45) is 5.85. The van der Waals surface area contributed by atoms with Crippen molar-refractivity contribution in [2.75, 3.05) is 0 Å². The summed E-state index contributed by atoms with van der Waals surface area (Å²) in [6, 6.07) is 0. The first kappa shape index (κ1) is 8.24. The Kier molecular flexibility index (Phi) is 2.05. The second kappa shape index (κ2) is 3.24. The molecule has 4 heteroatoms. The molecule has 2 fully saturated rings. The van der Waals surface area contributed by atoms with Crippen LogP contribution in [-0.4, -0.2) is 15.4 Å². The standard InChI is InChI=1S/C9H12N2S2/c1-2-7-3-6(1)4-8(7)13-9-11-10-5-12-9/h5-8H,1-4H2. The summed E-state index contributed by atoms with van der Waals surface area (Å²) in [5.74, 6) is 2.02. The molecule has 0 aromatic carbocycles. The van der Waals surface area contributed by atoms with Crippen molar-refractivity contribution < 1.29 is 0 Å². The largest absolute Gasteiger partial charge is 0.174 e. The number of fused-ring (bicyclic) bond motifs is 2. The molecule has 3 rings (SSSR count). The Morgan fingerprint density at radius 1 is 1.38 bits per heavy atom. The van der Waals surface area contributed by atoms with E-state index in [0.29, 0.717) is 0 Å². The number of thioether (sulfide) groups is 1. The normalized spacial score (nSPS) is 37.1.